The van der Waals surface area contributed by atoms with Crippen molar-refractivity contribution >= 4 is 29.0 Å². The standard InChI is InChI=1S/C18H20N4OS2/c1-3-22-17(14-8-5-4-6-9-14)19-20-18(22)25-13-16(23)21(2)12-15-10-7-11-24-15/h4-11H,3,12-13H2,1-2H3. The zero-order valence-corrected chi connectivity index (χ0v) is 15.9. The van der Waals surface area contributed by atoms with E-state index in [1.165, 1.54) is 16.6 Å². The summed E-state index contributed by atoms with van der Waals surface area (Å²) in [6, 6.07) is 14.0. The third-order valence-corrected chi connectivity index (χ3v) is 5.60. The molecule has 0 aliphatic carbocycles. The fraction of sp³-hybridized carbons (Fsp3) is 0.278. The van der Waals surface area contributed by atoms with Gasteiger partial charge >= 0.3 is 0 Å². The first-order chi connectivity index (χ1) is 12.2. The maximum atomic E-state index is 12.4. The first-order valence-corrected chi connectivity index (χ1v) is 9.93. The molecule has 1 aromatic carbocycles. The van der Waals surface area contributed by atoms with Gasteiger partial charge in [-0.05, 0) is 18.4 Å². The van der Waals surface area contributed by atoms with Gasteiger partial charge in [-0.25, -0.2) is 0 Å². The largest absolute Gasteiger partial charge is 0.340 e. The normalized spacial score (nSPS) is 10.8. The van der Waals surface area contributed by atoms with Crippen molar-refractivity contribution in [2.45, 2.75) is 25.2 Å². The molecule has 2 heterocycles. The van der Waals surface area contributed by atoms with Gasteiger partial charge in [0.15, 0.2) is 11.0 Å². The Labute approximate surface area is 155 Å². The van der Waals surface area contributed by atoms with E-state index in [-0.39, 0.29) is 5.91 Å². The van der Waals surface area contributed by atoms with Gasteiger partial charge in [0.1, 0.15) is 0 Å². The molecule has 0 aliphatic heterocycles. The molecule has 2 aromatic heterocycles. The highest BCUT2D eigenvalue weighted by atomic mass is 32.2. The van der Waals surface area contributed by atoms with Gasteiger partial charge in [-0.3, -0.25) is 4.79 Å². The lowest BCUT2D eigenvalue weighted by Gasteiger charge is -2.16. The molecule has 130 valence electrons. The monoisotopic (exact) mass is 372 g/mol. The van der Waals surface area contributed by atoms with Crippen molar-refractivity contribution in [1.82, 2.24) is 19.7 Å². The lowest BCUT2D eigenvalue weighted by Crippen LogP contribution is -2.27. The minimum atomic E-state index is 0.0883. The molecule has 1 amide bonds. The van der Waals surface area contributed by atoms with E-state index in [0.29, 0.717) is 12.3 Å². The Balaban J connectivity index is 1.65. The summed E-state index contributed by atoms with van der Waals surface area (Å²) in [5.74, 6) is 1.28. The number of carbonyl (C=O) groups excluding carboxylic acids is 1. The number of amides is 1. The van der Waals surface area contributed by atoms with Crippen molar-refractivity contribution < 1.29 is 4.79 Å². The van der Waals surface area contributed by atoms with Crippen LogP contribution in [0.1, 0.15) is 11.8 Å². The van der Waals surface area contributed by atoms with Crippen LogP contribution in [0.3, 0.4) is 0 Å². The summed E-state index contributed by atoms with van der Waals surface area (Å²) in [4.78, 5) is 15.3. The number of thiophene rings is 1. The van der Waals surface area contributed by atoms with E-state index < -0.39 is 0 Å². The molecule has 0 fully saturated rings. The van der Waals surface area contributed by atoms with Crippen LogP contribution >= 0.6 is 23.1 Å². The predicted octanol–water partition coefficient (Wildman–Crippen LogP) is 3.78. The van der Waals surface area contributed by atoms with Crippen LogP contribution in [0.4, 0.5) is 0 Å². The summed E-state index contributed by atoms with van der Waals surface area (Å²) < 4.78 is 2.05. The average Bonchev–Trinajstić information content (AvgIpc) is 3.29. The summed E-state index contributed by atoms with van der Waals surface area (Å²) >= 11 is 3.10. The molecule has 7 heteroatoms. The van der Waals surface area contributed by atoms with Crippen molar-refractivity contribution in [2.24, 2.45) is 0 Å². The molecule has 0 aliphatic rings. The number of aromatic nitrogens is 3. The second-order valence-electron chi connectivity index (χ2n) is 5.53. The summed E-state index contributed by atoms with van der Waals surface area (Å²) in [7, 11) is 1.84. The molecule has 0 bridgehead atoms. The Hall–Kier alpha value is -2.12. The van der Waals surface area contributed by atoms with E-state index in [2.05, 4.69) is 17.1 Å². The molecule has 3 aromatic rings. The van der Waals surface area contributed by atoms with Crippen LogP contribution in [-0.2, 0) is 17.9 Å². The van der Waals surface area contributed by atoms with Gasteiger partial charge in [0.25, 0.3) is 0 Å². The summed E-state index contributed by atoms with van der Waals surface area (Å²) in [5.41, 5.74) is 1.03. The first-order valence-electron chi connectivity index (χ1n) is 8.06. The average molecular weight is 373 g/mol. The number of hydrogen-bond acceptors (Lipinski definition) is 5. The number of nitrogens with zero attached hydrogens (tertiary/aromatic N) is 4. The number of carbonyl (C=O) groups is 1. The van der Waals surface area contributed by atoms with Crippen LogP contribution < -0.4 is 0 Å². The highest BCUT2D eigenvalue weighted by Crippen LogP contribution is 2.24. The highest BCUT2D eigenvalue weighted by molar-refractivity contribution is 7.99. The van der Waals surface area contributed by atoms with Gasteiger partial charge in [0.2, 0.25) is 5.91 Å². The third-order valence-electron chi connectivity index (χ3n) is 3.79. The molecule has 0 radical (unpaired) electrons. The van der Waals surface area contributed by atoms with E-state index in [1.807, 2.05) is 59.5 Å². The van der Waals surface area contributed by atoms with Crippen molar-refractivity contribution in [1.29, 1.82) is 0 Å². The molecule has 0 N–H and O–H groups in total. The lowest BCUT2D eigenvalue weighted by atomic mass is 10.2. The number of benzene rings is 1. The Bertz CT molecular complexity index is 815. The number of rotatable bonds is 7. The van der Waals surface area contributed by atoms with Crippen LogP contribution in [0, 0.1) is 0 Å². The van der Waals surface area contributed by atoms with Gasteiger partial charge in [0, 0.05) is 24.0 Å². The molecule has 0 unspecified atom stereocenters. The fourth-order valence-electron chi connectivity index (χ4n) is 2.44. The summed E-state index contributed by atoms with van der Waals surface area (Å²) in [6.45, 7) is 3.47. The number of hydrogen-bond donors (Lipinski definition) is 0. The summed E-state index contributed by atoms with van der Waals surface area (Å²) in [5, 5.41) is 11.4. The van der Waals surface area contributed by atoms with Gasteiger partial charge in [-0.15, -0.1) is 21.5 Å². The first kappa shape index (κ1) is 17.7. The van der Waals surface area contributed by atoms with Crippen molar-refractivity contribution in [3.63, 3.8) is 0 Å². The van der Waals surface area contributed by atoms with Gasteiger partial charge in [0.05, 0.1) is 12.3 Å². The molecule has 0 spiro atoms. The molecular formula is C18H20N4OS2. The molecule has 25 heavy (non-hydrogen) atoms. The lowest BCUT2D eigenvalue weighted by molar-refractivity contribution is -0.127. The Morgan fingerprint density at radius 3 is 2.68 bits per heavy atom. The van der Waals surface area contributed by atoms with E-state index in [4.69, 9.17) is 0 Å². The number of thioether (sulfide) groups is 1. The topological polar surface area (TPSA) is 51.0 Å². The van der Waals surface area contributed by atoms with E-state index in [9.17, 15) is 4.79 Å². The van der Waals surface area contributed by atoms with Gasteiger partial charge < -0.3 is 9.47 Å². The second-order valence-corrected chi connectivity index (χ2v) is 7.51. The third kappa shape index (κ3) is 4.29. The van der Waals surface area contributed by atoms with E-state index in [0.717, 1.165) is 23.1 Å². The van der Waals surface area contributed by atoms with Crippen LogP contribution in [0.2, 0.25) is 0 Å². The van der Waals surface area contributed by atoms with E-state index in [1.54, 1.807) is 16.2 Å². The van der Waals surface area contributed by atoms with E-state index >= 15 is 0 Å². The second kappa shape index (κ2) is 8.31. The molecule has 5 nitrogen and oxygen atoms in total. The van der Waals surface area contributed by atoms with Crippen molar-refractivity contribution in [3.8, 4) is 11.4 Å². The summed E-state index contributed by atoms with van der Waals surface area (Å²) in [6.07, 6.45) is 0. The van der Waals surface area contributed by atoms with Crippen LogP contribution in [0.5, 0.6) is 0 Å². The Morgan fingerprint density at radius 2 is 2.00 bits per heavy atom. The molecule has 0 saturated carbocycles. The van der Waals surface area contributed by atoms with Crippen LogP contribution in [0.15, 0.2) is 53.0 Å². The minimum absolute atomic E-state index is 0.0883. The molecular weight excluding hydrogens is 352 g/mol. The highest BCUT2D eigenvalue weighted by Gasteiger charge is 2.16. The van der Waals surface area contributed by atoms with Gasteiger partial charge in [-0.1, -0.05) is 48.2 Å². The zero-order chi connectivity index (χ0) is 17.6. The van der Waals surface area contributed by atoms with Gasteiger partial charge in [-0.2, -0.15) is 0 Å². The SMILES string of the molecule is CCn1c(SCC(=O)N(C)Cc2cccs2)nnc1-c1ccccc1. The quantitative estimate of drug-likeness (QED) is 0.592. The zero-order valence-electron chi connectivity index (χ0n) is 14.3. The Morgan fingerprint density at radius 1 is 1.20 bits per heavy atom. The van der Waals surface area contributed by atoms with Crippen molar-refractivity contribution in [3.05, 3.63) is 52.7 Å². The molecule has 3 rings (SSSR count). The van der Waals surface area contributed by atoms with Crippen molar-refractivity contribution in [2.75, 3.05) is 12.8 Å². The van der Waals surface area contributed by atoms with Crippen LogP contribution in [0.25, 0.3) is 11.4 Å². The predicted molar refractivity (Wildman–Crippen MR) is 103 cm³/mol. The minimum Gasteiger partial charge on any atom is -0.340 e. The van der Waals surface area contributed by atoms with Crippen LogP contribution in [-0.4, -0.2) is 38.4 Å². The molecule has 0 atom stereocenters. The maximum absolute atomic E-state index is 12.4. The fourth-order valence-corrected chi connectivity index (χ4v) is 4.14. The smallest absolute Gasteiger partial charge is 0.233 e. The maximum Gasteiger partial charge on any atom is 0.233 e. The Kier molecular flexibility index (Phi) is 5.88. The molecule has 0 saturated heterocycles.